The zero-order valence-electron chi connectivity index (χ0n) is 21.5. The van der Waals surface area contributed by atoms with Crippen molar-refractivity contribution >= 4 is 11.0 Å². The first kappa shape index (κ1) is 29.2. The van der Waals surface area contributed by atoms with E-state index in [-0.39, 0.29) is 28.2 Å². The van der Waals surface area contributed by atoms with E-state index >= 15 is 0 Å². The second kappa shape index (κ2) is 11.5. The molecule has 2 aliphatic rings. The molecule has 14 nitrogen and oxygen atoms in total. The Morgan fingerprint density at radius 1 is 0.829 bits per heavy atom. The summed E-state index contributed by atoms with van der Waals surface area (Å²) in [5, 5.41) is 81.4. The lowest BCUT2D eigenvalue weighted by Crippen LogP contribution is -2.64. The molecule has 8 N–H and O–H groups in total. The highest BCUT2D eigenvalue weighted by molar-refractivity contribution is 5.86. The largest absolute Gasteiger partial charge is 0.508 e. The number of aromatic hydroxyl groups is 2. The molecule has 14 heteroatoms. The average Bonchev–Trinajstić information content (AvgIpc) is 2.94. The van der Waals surface area contributed by atoms with Crippen LogP contribution in [0.4, 0.5) is 0 Å². The first-order valence-electron chi connectivity index (χ1n) is 12.7. The van der Waals surface area contributed by atoms with E-state index in [1.807, 2.05) is 0 Å². The van der Waals surface area contributed by atoms with Gasteiger partial charge < -0.3 is 64.2 Å². The van der Waals surface area contributed by atoms with Gasteiger partial charge in [0.25, 0.3) is 0 Å². The lowest BCUT2D eigenvalue weighted by atomic mass is 9.97. The lowest BCUT2D eigenvalue weighted by Gasteiger charge is -2.45. The second-order valence-electron chi connectivity index (χ2n) is 9.94. The van der Waals surface area contributed by atoms with Crippen LogP contribution in [-0.4, -0.2) is 109 Å². The number of ether oxygens (including phenoxy) is 4. The van der Waals surface area contributed by atoms with Crippen molar-refractivity contribution in [2.75, 3.05) is 6.61 Å². The fraction of sp³-hybridized carbons (Fsp3) is 0.444. The van der Waals surface area contributed by atoms with Gasteiger partial charge >= 0.3 is 0 Å². The predicted octanol–water partition coefficient (Wildman–Crippen LogP) is -1.10. The molecule has 2 fully saturated rings. The quantitative estimate of drug-likeness (QED) is 0.174. The van der Waals surface area contributed by atoms with Crippen LogP contribution in [0.15, 0.2) is 51.7 Å². The third kappa shape index (κ3) is 5.61. The van der Waals surface area contributed by atoms with Crippen molar-refractivity contribution in [2.45, 2.75) is 68.3 Å². The molecule has 0 bridgehead atoms. The van der Waals surface area contributed by atoms with E-state index in [2.05, 4.69) is 0 Å². The summed E-state index contributed by atoms with van der Waals surface area (Å²) in [6, 6.07) is 9.38. The van der Waals surface area contributed by atoms with Gasteiger partial charge in [-0.2, -0.15) is 0 Å². The van der Waals surface area contributed by atoms with Crippen molar-refractivity contribution in [1.29, 1.82) is 0 Å². The zero-order chi connectivity index (χ0) is 29.6. The van der Waals surface area contributed by atoms with Crippen LogP contribution in [0.5, 0.6) is 17.2 Å². The molecule has 0 saturated carbocycles. The lowest BCUT2D eigenvalue weighted by molar-refractivity contribution is -0.354. The maximum Gasteiger partial charge on any atom is 0.229 e. The Labute approximate surface area is 231 Å². The number of hydrogen-bond acceptors (Lipinski definition) is 14. The number of hydrogen-bond donors (Lipinski definition) is 8. The summed E-state index contributed by atoms with van der Waals surface area (Å²) in [6.07, 6.45) is -15.3. The SMILES string of the molecule is C[C@H]1O[C@@H](O[C@H]2[C@@H](Oc3cc(O)c4c(=O)cc(-c5ccc(O)cc5)oc4c3)O[C@@H](CO)[C@@H](O)[C@H]2O)[C@@H](O)[C@@H](O)[C@H]1O. The zero-order valence-corrected chi connectivity index (χ0v) is 21.5. The molecule has 41 heavy (non-hydrogen) atoms. The molecule has 1 aromatic heterocycles. The first-order chi connectivity index (χ1) is 19.5. The van der Waals surface area contributed by atoms with Gasteiger partial charge in [-0.3, -0.25) is 4.79 Å². The number of aliphatic hydroxyl groups is 6. The molecule has 0 spiro atoms. The molecule has 2 aromatic carbocycles. The molecule has 3 aromatic rings. The topological polar surface area (TPSA) is 229 Å². The molecule has 222 valence electrons. The highest BCUT2D eigenvalue weighted by Gasteiger charge is 2.50. The van der Waals surface area contributed by atoms with Crippen molar-refractivity contribution in [3.8, 4) is 28.6 Å². The Morgan fingerprint density at radius 2 is 1.54 bits per heavy atom. The smallest absolute Gasteiger partial charge is 0.229 e. The maximum atomic E-state index is 12.8. The Bertz CT molecular complexity index is 1420. The van der Waals surface area contributed by atoms with Crippen LogP contribution in [0.3, 0.4) is 0 Å². The number of phenolic OH excluding ortho intramolecular Hbond substituents is 2. The van der Waals surface area contributed by atoms with Crippen molar-refractivity contribution in [2.24, 2.45) is 0 Å². The van der Waals surface area contributed by atoms with Gasteiger partial charge in [0.05, 0.1) is 12.7 Å². The van der Waals surface area contributed by atoms with Crippen LogP contribution in [-0.2, 0) is 14.2 Å². The van der Waals surface area contributed by atoms with Crippen molar-refractivity contribution in [3.63, 3.8) is 0 Å². The fourth-order valence-electron chi connectivity index (χ4n) is 4.79. The van der Waals surface area contributed by atoms with Gasteiger partial charge in [0.2, 0.25) is 6.29 Å². The van der Waals surface area contributed by atoms with Crippen LogP contribution in [0.2, 0.25) is 0 Å². The molecule has 0 unspecified atom stereocenters. The summed E-state index contributed by atoms with van der Waals surface area (Å²) >= 11 is 0. The Kier molecular flexibility index (Phi) is 8.20. The molecule has 2 aliphatic heterocycles. The molecule has 2 saturated heterocycles. The van der Waals surface area contributed by atoms with Gasteiger partial charge in [-0.25, -0.2) is 0 Å². The highest BCUT2D eigenvalue weighted by Crippen LogP contribution is 2.35. The van der Waals surface area contributed by atoms with E-state index in [1.165, 1.54) is 43.3 Å². The average molecular weight is 579 g/mol. The van der Waals surface area contributed by atoms with E-state index in [0.29, 0.717) is 5.56 Å². The van der Waals surface area contributed by atoms with Crippen LogP contribution in [0, 0.1) is 0 Å². The number of fused-ring (bicyclic) bond motifs is 1. The van der Waals surface area contributed by atoms with Gasteiger partial charge in [-0.05, 0) is 31.2 Å². The summed E-state index contributed by atoms with van der Waals surface area (Å²) in [7, 11) is 0. The monoisotopic (exact) mass is 578 g/mol. The number of rotatable bonds is 6. The van der Waals surface area contributed by atoms with E-state index in [0.717, 1.165) is 6.07 Å². The number of phenols is 2. The number of aliphatic hydroxyl groups excluding tert-OH is 6. The standard InChI is InChI=1S/C27H30O14/c1-10-20(32)22(34)24(36)26(37-10)41-25-23(35)21(33)18(9-28)40-27(25)38-13-6-14(30)19-15(31)8-16(39-17(19)7-13)11-2-4-12(29)5-3-11/h2-8,10,18,20-30,32-36H,9H2,1H3/t10-,18+,20+,21-,22+,23-,24+,25-,26+,27+/m1/s1. The van der Waals surface area contributed by atoms with E-state index in [9.17, 15) is 45.6 Å². The van der Waals surface area contributed by atoms with Gasteiger partial charge in [-0.1, -0.05) is 0 Å². The summed E-state index contributed by atoms with van der Waals surface area (Å²) in [5.41, 5.74) is -0.182. The Morgan fingerprint density at radius 3 is 2.22 bits per heavy atom. The molecule has 10 atom stereocenters. The molecular formula is C27H30O14. The van der Waals surface area contributed by atoms with Crippen molar-refractivity contribution in [3.05, 3.63) is 52.7 Å². The van der Waals surface area contributed by atoms with Crippen molar-refractivity contribution < 1.29 is 64.2 Å². The molecule has 3 heterocycles. The summed E-state index contributed by atoms with van der Waals surface area (Å²) in [4.78, 5) is 12.8. The second-order valence-corrected chi connectivity index (χ2v) is 9.94. The minimum Gasteiger partial charge on any atom is -0.508 e. The van der Waals surface area contributed by atoms with Gasteiger partial charge in [0.1, 0.15) is 70.6 Å². The third-order valence-electron chi connectivity index (χ3n) is 7.11. The maximum absolute atomic E-state index is 12.8. The minimum atomic E-state index is -1.76. The molecular weight excluding hydrogens is 548 g/mol. The van der Waals surface area contributed by atoms with Gasteiger partial charge in [0, 0.05) is 23.8 Å². The predicted molar refractivity (Wildman–Crippen MR) is 137 cm³/mol. The van der Waals surface area contributed by atoms with Gasteiger partial charge in [-0.15, -0.1) is 0 Å². The van der Waals surface area contributed by atoms with E-state index in [4.69, 9.17) is 23.4 Å². The van der Waals surface area contributed by atoms with Crippen LogP contribution >= 0.6 is 0 Å². The van der Waals surface area contributed by atoms with Crippen LogP contribution < -0.4 is 10.2 Å². The van der Waals surface area contributed by atoms with Crippen molar-refractivity contribution in [1.82, 2.24) is 0 Å². The molecule has 0 radical (unpaired) electrons. The summed E-state index contributed by atoms with van der Waals surface area (Å²) in [5.74, 6) is -0.498. The third-order valence-corrected chi connectivity index (χ3v) is 7.11. The fourth-order valence-corrected chi connectivity index (χ4v) is 4.79. The Balaban J connectivity index is 1.47. The normalized spacial score (nSPS) is 34.0. The summed E-state index contributed by atoms with van der Waals surface area (Å²) < 4.78 is 28.4. The number of benzene rings is 2. The van der Waals surface area contributed by atoms with Crippen LogP contribution in [0.25, 0.3) is 22.3 Å². The first-order valence-corrected chi connectivity index (χ1v) is 12.7. The van der Waals surface area contributed by atoms with E-state index in [1.54, 1.807) is 0 Å². The molecule has 5 rings (SSSR count). The minimum absolute atomic E-state index is 0.00857. The molecule has 0 amide bonds. The summed E-state index contributed by atoms with van der Waals surface area (Å²) in [6.45, 7) is 0.704. The van der Waals surface area contributed by atoms with Gasteiger partial charge in [0.15, 0.2) is 17.8 Å². The Hall–Kier alpha value is -3.31. The van der Waals surface area contributed by atoms with Crippen LogP contribution in [0.1, 0.15) is 6.92 Å². The highest BCUT2D eigenvalue weighted by atomic mass is 16.8. The van der Waals surface area contributed by atoms with E-state index < -0.39 is 79.2 Å². The molecule has 0 aliphatic carbocycles.